The first-order chi connectivity index (χ1) is 14.6. The monoisotopic (exact) mass is 413 g/mol. The van der Waals surface area contributed by atoms with Gasteiger partial charge in [-0.15, -0.1) is 0 Å². The summed E-state index contributed by atoms with van der Waals surface area (Å²) in [5, 5.41) is 12.7. The standard InChI is InChI=1S/C25H35NO4/c1-3-4-5-6-7-8-9-10-17-30-24-18-21(25(27)28)13-16-23(24)26-19-20-11-14-22(29-2)15-12-20/h11-16,18,26H,3-10,17,19H2,1-2H3,(H,27,28). The van der Waals surface area contributed by atoms with Crippen LogP contribution in [0.1, 0.15) is 74.2 Å². The lowest BCUT2D eigenvalue weighted by atomic mass is 10.1. The fourth-order valence-electron chi connectivity index (χ4n) is 3.28. The number of aromatic carboxylic acids is 1. The Morgan fingerprint density at radius 3 is 2.23 bits per heavy atom. The van der Waals surface area contributed by atoms with E-state index in [-0.39, 0.29) is 5.56 Å². The minimum atomic E-state index is -0.950. The molecule has 2 aromatic carbocycles. The van der Waals surface area contributed by atoms with Gasteiger partial charge >= 0.3 is 5.97 Å². The summed E-state index contributed by atoms with van der Waals surface area (Å²) in [5.41, 5.74) is 2.14. The molecule has 2 aromatic rings. The Morgan fingerprint density at radius 2 is 1.60 bits per heavy atom. The van der Waals surface area contributed by atoms with Gasteiger partial charge in [0.1, 0.15) is 11.5 Å². The largest absolute Gasteiger partial charge is 0.497 e. The predicted molar refractivity (Wildman–Crippen MR) is 122 cm³/mol. The van der Waals surface area contributed by atoms with E-state index in [2.05, 4.69) is 12.2 Å². The number of carbonyl (C=O) groups is 1. The van der Waals surface area contributed by atoms with E-state index in [1.54, 1.807) is 25.3 Å². The topological polar surface area (TPSA) is 67.8 Å². The molecule has 0 aliphatic heterocycles. The highest BCUT2D eigenvalue weighted by Crippen LogP contribution is 2.27. The summed E-state index contributed by atoms with van der Waals surface area (Å²) in [4.78, 5) is 11.3. The highest BCUT2D eigenvalue weighted by atomic mass is 16.5. The van der Waals surface area contributed by atoms with Gasteiger partial charge in [0.25, 0.3) is 0 Å². The van der Waals surface area contributed by atoms with Crippen molar-refractivity contribution in [2.24, 2.45) is 0 Å². The van der Waals surface area contributed by atoms with Crippen LogP contribution in [0, 0.1) is 0 Å². The molecule has 0 radical (unpaired) electrons. The number of hydrogen-bond donors (Lipinski definition) is 2. The van der Waals surface area contributed by atoms with Crippen molar-refractivity contribution in [1.82, 2.24) is 0 Å². The zero-order valence-electron chi connectivity index (χ0n) is 18.3. The quantitative estimate of drug-likeness (QED) is 0.325. The Hall–Kier alpha value is -2.69. The van der Waals surface area contributed by atoms with Crippen LogP contribution >= 0.6 is 0 Å². The number of methoxy groups -OCH3 is 1. The third kappa shape index (κ3) is 8.36. The summed E-state index contributed by atoms with van der Waals surface area (Å²) >= 11 is 0. The molecular weight excluding hydrogens is 378 g/mol. The Balaban J connectivity index is 1.85. The lowest BCUT2D eigenvalue weighted by Gasteiger charge is -2.14. The van der Waals surface area contributed by atoms with E-state index in [4.69, 9.17) is 9.47 Å². The van der Waals surface area contributed by atoms with Gasteiger partial charge in [-0.25, -0.2) is 4.79 Å². The summed E-state index contributed by atoms with van der Waals surface area (Å²) in [5.74, 6) is 0.457. The number of hydrogen-bond acceptors (Lipinski definition) is 4. The molecule has 0 aromatic heterocycles. The molecule has 0 saturated heterocycles. The highest BCUT2D eigenvalue weighted by Gasteiger charge is 2.10. The zero-order chi connectivity index (χ0) is 21.6. The number of unbranched alkanes of at least 4 members (excludes halogenated alkanes) is 7. The van der Waals surface area contributed by atoms with Crippen molar-refractivity contribution in [2.45, 2.75) is 64.8 Å². The van der Waals surface area contributed by atoms with E-state index in [0.717, 1.165) is 29.8 Å². The number of nitrogens with one attached hydrogen (secondary N) is 1. The van der Waals surface area contributed by atoms with Crippen LogP contribution in [0.25, 0.3) is 0 Å². The average molecular weight is 414 g/mol. The van der Waals surface area contributed by atoms with E-state index in [1.165, 1.54) is 38.5 Å². The summed E-state index contributed by atoms with van der Waals surface area (Å²) in [6, 6.07) is 12.8. The molecule has 0 aliphatic rings. The molecule has 2 N–H and O–H groups in total. The average Bonchev–Trinajstić information content (AvgIpc) is 2.77. The summed E-state index contributed by atoms with van der Waals surface area (Å²) in [7, 11) is 1.65. The highest BCUT2D eigenvalue weighted by molar-refractivity contribution is 5.89. The first-order valence-electron chi connectivity index (χ1n) is 11.0. The van der Waals surface area contributed by atoms with E-state index in [1.807, 2.05) is 24.3 Å². The van der Waals surface area contributed by atoms with Gasteiger partial charge in [0.15, 0.2) is 0 Å². The maximum atomic E-state index is 11.3. The lowest BCUT2D eigenvalue weighted by molar-refractivity contribution is 0.0696. The van der Waals surface area contributed by atoms with E-state index in [0.29, 0.717) is 18.9 Å². The molecule has 164 valence electrons. The second-order valence-electron chi connectivity index (χ2n) is 7.54. The second-order valence-corrected chi connectivity index (χ2v) is 7.54. The fourth-order valence-corrected chi connectivity index (χ4v) is 3.28. The van der Waals surface area contributed by atoms with Crippen molar-refractivity contribution >= 4 is 11.7 Å². The molecule has 2 rings (SSSR count). The molecular formula is C25H35NO4. The normalized spacial score (nSPS) is 10.6. The number of ether oxygens (including phenoxy) is 2. The van der Waals surface area contributed by atoms with Gasteiger partial charge in [0.2, 0.25) is 0 Å². The smallest absolute Gasteiger partial charge is 0.335 e. The van der Waals surface area contributed by atoms with Crippen molar-refractivity contribution in [3.8, 4) is 11.5 Å². The van der Waals surface area contributed by atoms with Gasteiger partial charge in [0.05, 0.1) is 25.0 Å². The Kier molecular flexibility index (Phi) is 10.6. The Morgan fingerprint density at radius 1 is 0.933 bits per heavy atom. The maximum absolute atomic E-state index is 11.3. The van der Waals surface area contributed by atoms with Gasteiger partial charge in [-0.3, -0.25) is 0 Å². The number of carboxylic acid groups (broad SMARTS) is 1. The van der Waals surface area contributed by atoms with Gasteiger partial charge in [-0.05, 0) is 42.3 Å². The van der Waals surface area contributed by atoms with Gasteiger partial charge in [-0.1, -0.05) is 64.0 Å². The van der Waals surface area contributed by atoms with Gasteiger partial charge in [0, 0.05) is 6.54 Å². The van der Waals surface area contributed by atoms with Crippen molar-refractivity contribution in [1.29, 1.82) is 0 Å². The summed E-state index contributed by atoms with van der Waals surface area (Å²) < 4.78 is 11.1. The molecule has 0 aliphatic carbocycles. The molecule has 5 nitrogen and oxygen atoms in total. The fraction of sp³-hybridized carbons (Fsp3) is 0.480. The number of rotatable bonds is 15. The first kappa shape index (κ1) is 23.6. The SMILES string of the molecule is CCCCCCCCCCOc1cc(C(=O)O)ccc1NCc1ccc(OC)cc1. The predicted octanol–water partition coefficient (Wildman–Crippen LogP) is 6.53. The Labute approximate surface area is 180 Å². The minimum Gasteiger partial charge on any atom is -0.497 e. The third-order valence-corrected chi connectivity index (χ3v) is 5.13. The first-order valence-corrected chi connectivity index (χ1v) is 11.0. The van der Waals surface area contributed by atoms with E-state index >= 15 is 0 Å². The van der Waals surface area contributed by atoms with Gasteiger partial charge in [-0.2, -0.15) is 0 Å². The molecule has 0 heterocycles. The van der Waals surface area contributed by atoms with Crippen LogP contribution in [0.5, 0.6) is 11.5 Å². The lowest BCUT2D eigenvalue weighted by Crippen LogP contribution is -2.06. The van der Waals surface area contributed by atoms with Crippen LogP contribution < -0.4 is 14.8 Å². The number of benzene rings is 2. The third-order valence-electron chi connectivity index (χ3n) is 5.13. The molecule has 0 fully saturated rings. The van der Waals surface area contributed by atoms with Crippen molar-refractivity contribution < 1.29 is 19.4 Å². The van der Waals surface area contributed by atoms with Crippen LogP contribution in [0.15, 0.2) is 42.5 Å². The zero-order valence-corrected chi connectivity index (χ0v) is 18.3. The van der Waals surface area contributed by atoms with Crippen molar-refractivity contribution in [2.75, 3.05) is 19.0 Å². The molecule has 0 amide bonds. The number of anilines is 1. The minimum absolute atomic E-state index is 0.232. The van der Waals surface area contributed by atoms with E-state index < -0.39 is 5.97 Å². The molecule has 0 atom stereocenters. The molecule has 5 heteroatoms. The molecule has 0 bridgehead atoms. The van der Waals surface area contributed by atoms with Crippen LogP contribution in [-0.2, 0) is 6.54 Å². The van der Waals surface area contributed by atoms with Crippen molar-refractivity contribution in [3.05, 3.63) is 53.6 Å². The molecule has 30 heavy (non-hydrogen) atoms. The van der Waals surface area contributed by atoms with Crippen LogP contribution in [0.3, 0.4) is 0 Å². The second kappa shape index (κ2) is 13.5. The maximum Gasteiger partial charge on any atom is 0.335 e. The van der Waals surface area contributed by atoms with Crippen molar-refractivity contribution in [3.63, 3.8) is 0 Å². The Bertz CT molecular complexity index is 758. The van der Waals surface area contributed by atoms with Gasteiger partial charge < -0.3 is 19.9 Å². The molecule has 0 spiro atoms. The molecule has 0 saturated carbocycles. The summed E-state index contributed by atoms with van der Waals surface area (Å²) in [6.45, 7) is 3.44. The summed E-state index contributed by atoms with van der Waals surface area (Å²) in [6.07, 6.45) is 9.87. The number of carboxylic acids is 1. The van der Waals surface area contributed by atoms with Crippen LogP contribution in [0.2, 0.25) is 0 Å². The van der Waals surface area contributed by atoms with Crippen LogP contribution in [-0.4, -0.2) is 24.8 Å². The van der Waals surface area contributed by atoms with Crippen LogP contribution in [0.4, 0.5) is 5.69 Å². The molecule has 0 unspecified atom stereocenters. The van der Waals surface area contributed by atoms with E-state index in [9.17, 15) is 9.90 Å².